The second-order valence-corrected chi connectivity index (χ2v) is 12.7. The molecule has 0 saturated heterocycles. The molecule has 1 heterocycles. The van der Waals surface area contributed by atoms with Crippen molar-refractivity contribution in [2.45, 2.75) is 75.2 Å². The van der Waals surface area contributed by atoms with Gasteiger partial charge < -0.3 is 36.4 Å². The summed E-state index contributed by atoms with van der Waals surface area (Å²) in [5.74, 6) is -3.90. The molecule has 2 aliphatic carbocycles. The van der Waals surface area contributed by atoms with Crippen LogP contribution in [0.5, 0.6) is 6.01 Å². The van der Waals surface area contributed by atoms with Gasteiger partial charge in [-0.25, -0.2) is 4.79 Å². The third-order valence-electron chi connectivity index (χ3n) is 8.35. The molecule has 5 rings (SSSR count). The maximum Gasteiger partial charge on any atom is 0.422 e. The highest BCUT2D eigenvalue weighted by atomic mass is 35.5. The first-order valence-corrected chi connectivity index (χ1v) is 16.7. The van der Waals surface area contributed by atoms with Crippen LogP contribution in [-0.2, 0) is 19.9 Å². The summed E-state index contributed by atoms with van der Waals surface area (Å²) in [5, 5.41) is 23.7. The first-order valence-electron chi connectivity index (χ1n) is 16.3. The first-order chi connectivity index (χ1) is 24.3. The lowest BCUT2D eigenvalue weighted by molar-refractivity contribution is -0.154. The molecule has 14 nitrogen and oxygen atoms in total. The number of carbonyl (C=O) groups is 4. The van der Waals surface area contributed by atoms with E-state index in [2.05, 4.69) is 41.5 Å². The summed E-state index contributed by atoms with van der Waals surface area (Å²) in [5.41, 5.74) is 0.768. The van der Waals surface area contributed by atoms with Gasteiger partial charge in [0.1, 0.15) is 6.04 Å². The Bertz CT molecular complexity index is 1720. The van der Waals surface area contributed by atoms with Crippen LogP contribution in [0.25, 0.3) is 0 Å². The van der Waals surface area contributed by atoms with Crippen molar-refractivity contribution in [3.63, 3.8) is 0 Å². The van der Waals surface area contributed by atoms with Crippen LogP contribution in [0.15, 0.2) is 48.5 Å². The first kappa shape index (κ1) is 37.1. The van der Waals surface area contributed by atoms with E-state index in [9.17, 15) is 37.5 Å². The van der Waals surface area contributed by atoms with Crippen LogP contribution >= 0.6 is 11.6 Å². The SMILES string of the molecule is O=C(NCC[C@H](NC(=O)c1ccc(Nc2nc(NC3(c4ccc(Cl)cc4)CC3)nc(OCC(F)(F)F)n2)cc1)C(=O)O)C(=O)NC1CCCCC1. The Morgan fingerprint density at radius 3 is 2.22 bits per heavy atom. The lowest BCUT2D eigenvalue weighted by Gasteiger charge is -2.22. The number of aromatic nitrogens is 3. The molecule has 18 heteroatoms. The number of hydrogen-bond acceptors (Lipinski definition) is 10. The predicted octanol–water partition coefficient (Wildman–Crippen LogP) is 4.45. The zero-order valence-corrected chi connectivity index (χ0v) is 27.9. The Morgan fingerprint density at radius 2 is 1.59 bits per heavy atom. The second kappa shape index (κ2) is 16.2. The molecule has 0 bridgehead atoms. The van der Waals surface area contributed by atoms with E-state index in [0.717, 1.165) is 37.7 Å². The van der Waals surface area contributed by atoms with Crippen LogP contribution < -0.4 is 31.3 Å². The number of aliphatic carboxylic acids is 1. The zero-order valence-electron chi connectivity index (χ0n) is 27.2. The van der Waals surface area contributed by atoms with Crippen molar-refractivity contribution in [1.82, 2.24) is 30.9 Å². The Hall–Kier alpha value is -5.19. The van der Waals surface area contributed by atoms with Gasteiger partial charge in [-0.15, -0.1) is 0 Å². The standard InChI is InChI=1S/C33H36ClF3N8O6/c34-21-10-8-20(9-11-21)32(15-16-32)45-30-42-29(43-31(44-30)51-18-33(35,36)37)40-23-12-6-19(7-13-23)25(46)41-24(28(49)50)14-17-38-26(47)27(48)39-22-4-2-1-3-5-22/h6-13,22,24H,1-5,14-18H2,(H,38,47)(H,39,48)(H,41,46)(H,49,50)(H2,40,42,43,44,45)/t24-/m0/s1. The van der Waals surface area contributed by atoms with E-state index in [4.69, 9.17) is 16.3 Å². The van der Waals surface area contributed by atoms with E-state index < -0.39 is 54.1 Å². The lowest BCUT2D eigenvalue weighted by atomic mass is 9.95. The fourth-order valence-electron chi connectivity index (χ4n) is 5.51. The molecule has 2 aliphatic rings. The molecule has 2 saturated carbocycles. The summed E-state index contributed by atoms with van der Waals surface area (Å²) < 4.78 is 43.5. The molecule has 272 valence electrons. The maximum atomic E-state index is 12.9. The average Bonchev–Trinajstić information content (AvgIpc) is 3.87. The van der Waals surface area contributed by atoms with Crippen LogP contribution in [0.4, 0.5) is 30.8 Å². The van der Waals surface area contributed by atoms with Crippen molar-refractivity contribution in [2.24, 2.45) is 0 Å². The minimum absolute atomic E-state index is 0.0334. The highest BCUT2D eigenvalue weighted by Gasteiger charge is 2.45. The van der Waals surface area contributed by atoms with Gasteiger partial charge in [-0.05, 0) is 74.1 Å². The van der Waals surface area contributed by atoms with E-state index >= 15 is 0 Å². The molecule has 0 unspecified atom stereocenters. The molecule has 0 aliphatic heterocycles. The Labute approximate surface area is 295 Å². The second-order valence-electron chi connectivity index (χ2n) is 12.3. The van der Waals surface area contributed by atoms with E-state index in [1.54, 1.807) is 12.1 Å². The Kier molecular flexibility index (Phi) is 11.8. The van der Waals surface area contributed by atoms with Crippen LogP contribution in [-0.4, -0.2) is 75.2 Å². The van der Waals surface area contributed by atoms with Gasteiger partial charge in [0.15, 0.2) is 6.61 Å². The van der Waals surface area contributed by atoms with Gasteiger partial charge in [-0.2, -0.15) is 28.1 Å². The van der Waals surface area contributed by atoms with E-state index in [1.807, 2.05) is 12.1 Å². The molecule has 1 atom stereocenters. The molecule has 0 radical (unpaired) electrons. The Balaban J connectivity index is 1.19. The molecular weight excluding hydrogens is 697 g/mol. The van der Waals surface area contributed by atoms with Gasteiger partial charge in [0.2, 0.25) is 11.9 Å². The topological polar surface area (TPSA) is 197 Å². The number of hydrogen-bond donors (Lipinski definition) is 6. The zero-order chi connectivity index (χ0) is 36.6. The number of halogens is 4. The number of amides is 3. The number of benzene rings is 2. The van der Waals surface area contributed by atoms with E-state index in [1.165, 1.54) is 24.3 Å². The van der Waals surface area contributed by atoms with Crippen molar-refractivity contribution in [1.29, 1.82) is 0 Å². The summed E-state index contributed by atoms with van der Waals surface area (Å²) in [6.45, 7) is -1.79. The fourth-order valence-corrected chi connectivity index (χ4v) is 5.64. The smallest absolute Gasteiger partial charge is 0.422 e. The molecule has 51 heavy (non-hydrogen) atoms. The number of carbonyl (C=O) groups excluding carboxylic acids is 3. The van der Waals surface area contributed by atoms with Gasteiger partial charge >= 0.3 is 30.0 Å². The molecule has 0 spiro atoms. The summed E-state index contributed by atoms with van der Waals surface area (Å²) in [7, 11) is 0. The van der Waals surface area contributed by atoms with Gasteiger partial charge in [-0.3, -0.25) is 14.4 Å². The number of ether oxygens (including phenoxy) is 1. The van der Waals surface area contributed by atoms with Crippen molar-refractivity contribution < 1.29 is 42.2 Å². The largest absolute Gasteiger partial charge is 0.480 e. The fraction of sp³-hybridized carbons (Fsp3) is 0.424. The quantitative estimate of drug-likeness (QED) is 0.128. The minimum Gasteiger partial charge on any atom is -0.480 e. The number of anilines is 3. The number of rotatable bonds is 14. The molecule has 3 amide bonds. The predicted molar refractivity (Wildman–Crippen MR) is 179 cm³/mol. The minimum atomic E-state index is -4.64. The van der Waals surface area contributed by atoms with Crippen molar-refractivity contribution >= 4 is 52.9 Å². The van der Waals surface area contributed by atoms with Gasteiger partial charge in [0.25, 0.3) is 5.91 Å². The molecule has 6 N–H and O–H groups in total. The molecular formula is C33H36ClF3N8O6. The molecule has 2 aromatic carbocycles. The Morgan fingerprint density at radius 1 is 0.922 bits per heavy atom. The summed E-state index contributed by atoms with van der Waals surface area (Å²) in [6.07, 6.45) is 1.23. The number of carboxylic acids is 1. The summed E-state index contributed by atoms with van der Waals surface area (Å²) >= 11 is 6.01. The average molecular weight is 733 g/mol. The summed E-state index contributed by atoms with van der Waals surface area (Å²) in [4.78, 5) is 61.3. The van der Waals surface area contributed by atoms with Gasteiger partial charge in [0.05, 0.1) is 5.54 Å². The van der Waals surface area contributed by atoms with Gasteiger partial charge in [0, 0.05) is 28.9 Å². The van der Waals surface area contributed by atoms with Crippen LogP contribution in [0.3, 0.4) is 0 Å². The monoisotopic (exact) mass is 732 g/mol. The van der Waals surface area contributed by atoms with Crippen molar-refractivity contribution in [2.75, 3.05) is 23.8 Å². The number of nitrogens with zero attached hydrogens (tertiary/aromatic N) is 3. The third kappa shape index (κ3) is 10.9. The van der Waals surface area contributed by atoms with Crippen molar-refractivity contribution in [3.8, 4) is 6.01 Å². The molecule has 1 aromatic heterocycles. The summed E-state index contributed by atoms with van der Waals surface area (Å²) in [6, 6.07) is 10.8. The van der Waals surface area contributed by atoms with E-state index in [-0.39, 0.29) is 36.5 Å². The third-order valence-corrected chi connectivity index (χ3v) is 8.60. The maximum absolute atomic E-state index is 12.9. The van der Waals surface area contributed by atoms with Crippen LogP contribution in [0, 0.1) is 0 Å². The lowest BCUT2D eigenvalue weighted by Crippen LogP contribution is -2.47. The highest BCUT2D eigenvalue weighted by molar-refractivity contribution is 6.35. The van der Waals surface area contributed by atoms with E-state index in [0.29, 0.717) is 23.6 Å². The van der Waals surface area contributed by atoms with Crippen LogP contribution in [0.2, 0.25) is 5.02 Å². The normalized spacial score (nSPS) is 15.9. The number of alkyl halides is 3. The highest BCUT2D eigenvalue weighted by Crippen LogP contribution is 2.48. The number of carboxylic acid groups (broad SMARTS) is 1. The van der Waals surface area contributed by atoms with Crippen LogP contribution in [0.1, 0.15) is 67.3 Å². The van der Waals surface area contributed by atoms with Gasteiger partial charge in [-0.1, -0.05) is 43.0 Å². The van der Waals surface area contributed by atoms with Crippen molar-refractivity contribution in [3.05, 3.63) is 64.7 Å². The number of nitrogens with one attached hydrogen (secondary N) is 5. The molecule has 3 aromatic rings. The molecule has 2 fully saturated rings.